The van der Waals surface area contributed by atoms with Crippen LogP contribution < -0.4 is 0 Å². The highest BCUT2D eigenvalue weighted by Gasteiger charge is 2.30. The maximum absolute atomic E-state index is 7.85. The second kappa shape index (κ2) is 1.43. The van der Waals surface area contributed by atoms with Crippen molar-refractivity contribution in [3.8, 4) is 0 Å². The summed E-state index contributed by atoms with van der Waals surface area (Å²) in [6.45, 7) is 2.08. The third kappa shape index (κ3) is 0.842. The second-order valence-electron chi connectivity index (χ2n) is 1.99. The smallest absolute Gasteiger partial charge is 0.0402 e. The molecule has 0 spiro atoms. The van der Waals surface area contributed by atoms with E-state index >= 15 is 0 Å². The highest BCUT2D eigenvalue weighted by Crippen LogP contribution is 2.32. The van der Waals surface area contributed by atoms with Gasteiger partial charge in [-0.15, -0.1) is 0 Å². The fourth-order valence-corrected chi connectivity index (χ4v) is 0.530. The first kappa shape index (κ1) is 4.47. The van der Waals surface area contributed by atoms with Crippen molar-refractivity contribution in [1.82, 2.24) is 0 Å². The van der Waals surface area contributed by atoms with Gasteiger partial charge in [-0.2, -0.15) is 0 Å². The molecule has 0 unspecified atom stereocenters. The summed E-state index contributed by atoms with van der Waals surface area (Å²) < 4.78 is 0. The third-order valence-corrected chi connectivity index (χ3v) is 1.27. The first-order valence-electron chi connectivity index (χ1n) is 2.39. The maximum Gasteiger partial charge on any atom is 0.0402 e. The molecule has 0 amide bonds. The van der Waals surface area contributed by atoms with E-state index in [9.17, 15) is 0 Å². The fourth-order valence-electron chi connectivity index (χ4n) is 0.530. The average Bonchev–Trinajstić information content (AvgIpc) is 2.22. The average molecular weight is 98.1 g/mol. The maximum atomic E-state index is 7.85. The zero-order valence-corrected chi connectivity index (χ0v) is 4.20. The molecule has 3 nitrogen and oxygen atoms in total. The topological polar surface area (TPSA) is 48.8 Å². The third-order valence-electron chi connectivity index (χ3n) is 1.27. The Morgan fingerprint density at radius 2 is 2.43 bits per heavy atom. The number of hydrogen-bond donors (Lipinski definition) is 0. The van der Waals surface area contributed by atoms with Crippen LogP contribution in [0.15, 0.2) is 5.11 Å². The molecule has 7 heavy (non-hydrogen) atoms. The van der Waals surface area contributed by atoms with E-state index in [1.807, 2.05) is 0 Å². The number of hydrogen-bond acceptors (Lipinski definition) is 1. The molecule has 38 valence electrons. The molecule has 1 fully saturated rings. The van der Waals surface area contributed by atoms with Crippen molar-refractivity contribution in [2.24, 2.45) is 11.0 Å². The Bertz CT molecular complexity index is 114. The van der Waals surface area contributed by atoms with Crippen molar-refractivity contribution in [3.63, 3.8) is 0 Å². The van der Waals surface area contributed by atoms with E-state index in [4.69, 9.17) is 5.53 Å². The normalized spacial score (nSPS) is 36.7. The molecule has 0 N–H and O–H groups in total. The van der Waals surface area contributed by atoms with Crippen molar-refractivity contribution >= 4 is 0 Å². The molecule has 0 aromatic heterocycles. The Morgan fingerprint density at radius 3 is 2.57 bits per heavy atom. The van der Waals surface area contributed by atoms with Gasteiger partial charge < -0.3 is 0 Å². The molecule has 0 heterocycles. The lowest BCUT2D eigenvalue weighted by molar-refractivity contribution is 0.887. The Balaban J connectivity index is 2.34. The summed E-state index contributed by atoms with van der Waals surface area (Å²) in [5, 5.41) is 3.50. The summed E-state index contributed by atoms with van der Waals surface area (Å²) in [5.41, 5.74) is 7.85. The van der Waals surface area contributed by atoms with Gasteiger partial charge in [-0.25, -0.2) is 0 Å². The summed E-state index contributed by atoms with van der Waals surface area (Å²) in [6, 6.07) is 0.324. The van der Waals surface area contributed by atoms with Crippen LogP contribution in [-0.4, -0.2) is 6.04 Å². The van der Waals surface area contributed by atoms with E-state index in [0.717, 1.165) is 6.42 Å². The molecule has 0 radical (unpaired) electrons. The van der Waals surface area contributed by atoms with Crippen molar-refractivity contribution in [2.45, 2.75) is 19.4 Å². The molecule has 0 aliphatic heterocycles. The van der Waals surface area contributed by atoms with Gasteiger partial charge in [-0.05, 0) is 17.9 Å². The van der Waals surface area contributed by atoms with Crippen LogP contribution in [-0.2, 0) is 0 Å². The standard InChI is InChI=1S/C4H7N3/c1-3-2-4(3)6-7-5/h3-4H,2H2,1H3/t3-,4-/m0/s1/i6+1. The van der Waals surface area contributed by atoms with Crippen LogP contribution in [0.4, 0.5) is 0 Å². The molecule has 1 saturated carbocycles. The van der Waals surface area contributed by atoms with Gasteiger partial charge in [0.25, 0.3) is 0 Å². The van der Waals surface area contributed by atoms with Crippen LogP contribution in [0.25, 0.3) is 10.4 Å². The largest absolute Gasteiger partial charge is 0.0903 e. The van der Waals surface area contributed by atoms with Gasteiger partial charge in [0.15, 0.2) is 0 Å². The zero-order valence-electron chi connectivity index (χ0n) is 4.20. The van der Waals surface area contributed by atoms with Crippen molar-refractivity contribution < 1.29 is 0 Å². The number of azide groups is 1. The first-order chi connectivity index (χ1) is 3.34. The lowest BCUT2D eigenvalue weighted by Gasteiger charge is -1.70. The molecular weight excluding hydrogens is 91.1 g/mol. The monoisotopic (exact) mass is 98.1 g/mol. The highest BCUT2D eigenvalue weighted by molar-refractivity contribution is 4.89. The molecule has 0 aromatic carbocycles. The predicted molar refractivity (Wildman–Crippen MR) is 26.7 cm³/mol. The molecule has 1 aliphatic carbocycles. The Labute approximate surface area is 42.0 Å². The molecule has 1 rings (SSSR count). The second-order valence-corrected chi connectivity index (χ2v) is 1.99. The highest BCUT2D eigenvalue weighted by atomic mass is 15.7. The fraction of sp³-hybridized carbons (Fsp3) is 1.00. The lowest BCUT2D eigenvalue weighted by atomic mass is 10.5. The Hall–Kier alpha value is -0.690. The minimum Gasteiger partial charge on any atom is -0.0903 e. The molecule has 0 saturated heterocycles. The van der Waals surface area contributed by atoms with Crippen LogP contribution in [0.3, 0.4) is 0 Å². The van der Waals surface area contributed by atoms with Gasteiger partial charge in [0.05, 0.1) is 0 Å². The van der Waals surface area contributed by atoms with Crippen LogP contribution in [0.5, 0.6) is 0 Å². The Kier molecular flexibility index (Phi) is 0.912. The van der Waals surface area contributed by atoms with Crippen LogP contribution in [0, 0.1) is 5.92 Å². The molecule has 2 atom stereocenters. The minimum atomic E-state index is 0.324. The lowest BCUT2D eigenvalue weighted by Crippen LogP contribution is -1.71. The number of nitrogens with zero attached hydrogens (tertiary/aromatic N) is 3. The summed E-state index contributed by atoms with van der Waals surface area (Å²) in [7, 11) is 0. The van der Waals surface area contributed by atoms with Gasteiger partial charge in [-0.1, -0.05) is 12.0 Å². The van der Waals surface area contributed by atoms with E-state index in [0.29, 0.717) is 12.0 Å². The molecular formula is C4H7N3. The summed E-state index contributed by atoms with van der Waals surface area (Å²) in [4.78, 5) is 2.67. The molecule has 1 aliphatic rings. The summed E-state index contributed by atoms with van der Waals surface area (Å²) >= 11 is 0. The van der Waals surface area contributed by atoms with E-state index in [1.165, 1.54) is 0 Å². The summed E-state index contributed by atoms with van der Waals surface area (Å²) in [5.74, 6) is 0.649. The first-order valence-corrected chi connectivity index (χ1v) is 2.39. The summed E-state index contributed by atoms with van der Waals surface area (Å²) in [6.07, 6.45) is 1.09. The van der Waals surface area contributed by atoms with Gasteiger partial charge in [-0.3, -0.25) is 0 Å². The molecule has 0 bridgehead atoms. The quantitative estimate of drug-likeness (QED) is 0.207. The van der Waals surface area contributed by atoms with Crippen molar-refractivity contribution in [2.75, 3.05) is 0 Å². The van der Waals surface area contributed by atoms with Crippen molar-refractivity contribution in [3.05, 3.63) is 10.4 Å². The van der Waals surface area contributed by atoms with Crippen LogP contribution in [0.1, 0.15) is 13.3 Å². The van der Waals surface area contributed by atoms with E-state index in [2.05, 4.69) is 16.9 Å². The van der Waals surface area contributed by atoms with E-state index in [1.54, 1.807) is 0 Å². The van der Waals surface area contributed by atoms with Gasteiger partial charge >= 0.3 is 0 Å². The van der Waals surface area contributed by atoms with Crippen molar-refractivity contribution in [1.29, 1.82) is 0 Å². The predicted octanol–water partition coefficient (Wildman–Crippen LogP) is 1.71. The van der Waals surface area contributed by atoms with E-state index < -0.39 is 0 Å². The molecule has 3 heteroatoms. The van der Waals surface area contributed by atoms with Gasteiger partial charge in [0, 0.05) is 11.0 Å². The van der Waals surface area contributed by atoms with Gasteiger partial charge in [0.2, 0.25) is 0 Å². The number of rotatable bonds is 1. The van der Waals surface area contributed by atoms with Crippen LogP contribution in [0.2, 0.25) is 0 Å². The van der Waals surface area contributed by atoms with E-state index in [-0.39, 0.29) is 0 Å². The van der Waals surface area contributed by atoms with Gasteiger partial charge in [0.1, 0.15) is 0 Å². The Morgan fingerprint density at radius 1 is 1.86 bits per heavy atom. The molecule has 0 aromatic rings. The zero-order chi connectivity index (χ0) is 5.28. The van der Waals surface area contributed by atoms with Crippen LogP contribution >= 0.6 is 0 Å². The minimum absolute atomic E-state index is 0.324. The SMILES string of the molecule is C[C@H]1C[C@@H]1[15N]=[N+]=[N-].